The number of urea groups is 1. The number of hydrogen-bond donors (Lipinski definition) is 2. The van der Waals surface area contributed by atoms with Crippen molar-refractivity contribution in [3.05, 3.63) is 70.8 Å². The van der Waals surface area contributed by atoms with Crippen LogP contribution < -0.4 is 10.6 Å². The van der Waals surface area contributed by atoms with Crippen LogP contribution in [-0.4, -0.2) is 29.9 Å². The zero-order valence-corrected chi connectivity index (χ0v) is 17.3. The van der Waals surface area contributed by atoms with E-state index in [1.807, 2.05) is 6.92 Å². The smallest absolute Gasteiger partial charge is 0.317 e. The summed E-state index contributed by atoms with van der Waals surface area (Å²) in [6.07, 6.45) is 1.17. The van der Waals surface area contributed by atoms with Crippen molar-refractivity contribution >= 4 is 11.9 Å². The third kappa shape index (κ3) is 4.96. The molecule has 0 bridgehead atoms. The molecule has 2 aromatic rings. The molecule has 1 heterocycles. The monoisotopic (exact) mass is 415 g/mol. The topological polar surface area (TPSA) is 61.4 Å². The van der Waals surface area contributed by atoms with Crippen LogP contribution in [0.15, 0.2) is 42.5 Å². The van der Waals surface area contributed by atoms with Crippen molar-refractivity contribution in [1.29, 1.82) is 0 Å². The highest BCUT2D eigenvalue weighted by atomic mass is 19.1. The molecule has 0 saturated carbocycles. The van der Waals surface area contributed by atoms with Gasteiger partial charge in [0.25, 0.3) is 0 Å². The van der Waals surface area contributed by atoms with Crippen molar-refractivity contribution < 1.29 is 18.4 Å². The summed E-state index contributed by atoms with van der Waals surface area (Å²) in [4.78, 5) is 27.0. The van der Waals surface area contributed by atoms with Crippen LogP contribution in [0.25, 0.3) is 0 Å². The van der Waals surface area contributed by atoms with Gasteiger partial charge in [0.1, 0.15) is 11.6 Å². The van der Waals surface area contributed by atoms with E-state index < -0.39 is 5.92 Å². The third-order valence-corrected chi connectivity index (χ3v) is 5.52. The Kier molecular flexibility index (Phi) is 7.03. The van der Waals surface area contributed by atoms with Gasteiger partial charge >= 0.3 is 6.03 Å². The Morgan fingerprint density at radius 2 is 1.83 bits per heavy atom. The van der Waals surface area contributed by atoms with Gasteiger partial charge in [0, 0.05) is 25.2 Å². The summed E-state index contributed by atoms with van der Waals surface area (Å²) in [5.41, 5.74) is 1.79. The standard InChI is InChI=1S/C23H27F2N3O2/c1-3-26-23(30)28-14-18(22(29)27-13-17-6-4-5-7-20(17)25)9-11-21(28)16-8-10-19(24)15(2)12-16/h4-8,10,12,18,21H,3,9,11,13-14H2,1-2H3,(H,26,30)(H,27,29). The molecule has 7 heteroatoms. The molecule has 160 valence electrons. The fraction of sp³-hybridized carbons (Fsp3) is 0.391. The first kappa shape index (κ1) is 21.7. The van der Waals surface area contributed by atoms with E-state index in [1.165, 1.54) is 12.1 Å². The highest BCUT2D eigenvalue weighted by molar-refractivity contribution is 5.81. The lowest BCUT2D eigenvalue weighted by Crippen LogP contribution is -2.50. The highest BCUT2D eigenvalue weighted by Gasteiger charge is 2.35. The molecule has 1 aliphatic heterocycles. The Hall–Kier alpha value is -2.96. The van der Waals surface area contributed by atoms with Crippen LogP contribution >= 0.6 is 0 Å². The maximum atomic E-state index is 13.8. The van der Waals surface area contributed by atoms with Gasteiger partial charge in [0.15, 0.2) is 0 Å². The lowest BCUT2D eigenvalue weighted by molar-refractivity contribution is -0.126. The Morgan fingerprint density at radius 3 is 2.53 bits per heavy atom. The maximum absolute atomic E-state index is 13.8. The lowest BCUT2D eigenvalue weighted by atomic mass is 9.88. The van der Waals surface area contributed by atoms with Gasteiger partial charge in [-0.15, -0.1) is 0 Å². The Morgan fingerprint density at radius 1 is 1.07 bits per heavy atom. The van der Waals surface area contributed by atoms with Crippen molar-refractivity contribution in [2.45, 2.75) is 39.3 Å². The van der Waals surface area contributed by atoms with Gasteiger partial charge in [0.2, 0.25) is 5.91 Å². The summed E-state index contributed by atoms with van der Waals surface area (Å²) in [5, 5.41) is 5.58. The second kappa shape index (κ2) is 9.69. The number of nitrogens with one attached hydrogen (secondary N) is 2. The van der Waals surface area contributed by atoms with Gasteiger partial charge in [-0.3, -0.25) is 4.79 Å². The minimum atomic E-state index is -0.392. The minimum absolute atomic E-state index is 0.101. The number of carbonyl (C=O) groups excluding carboxylic acids is 2. The summed E-state index contributed by atoms with van der Waals surface area (Å²) < 4.78 is 27.5. The van der Waals surface area contributed by atoms with E-state index >= 15 is 0 Å². The van der Waals surface area contributed by atoms with E-state index in [0.717, 1.165) is 5.56 Å². The van der Waals surface area contributed by atoms with Crippen LogP contribution in [0.3, 0.4) is 0 Å². The molecule has 2 aromatic carbocycles. The first-order valence-corrected chi connectivity index (χ1v) is 10.2. The van der Waals surface area contributed by atoms with E-state index in [0.29, 0.717) is 30.5 Å². The molecule has 1 saturated heterocycles. The van der Waals surface area contributed by atoms with Crippen LogP contribution in [0.1, 0.15) is 42.5 Å². The molecule has 1 aliphatic rings. The zero-order valence-electron chi connectivity index (χ0n) is 17.3. The average molecular weight is 415 g/mol. The predicted molar refractivity (Wildman–Crippen MR) is 111 cm³/mol. The van der Waals surface area contributed by atoms with Crippen molar-refractivity contribution in [3.8, 4) is 0 Å². The second-order valence-electron chi connectivity index (χ2n) is 7.60. The summed E-state index contributed by atoms with van der Waals surface area (Å²) in [7, 11) is 0. The van der Waals surface area contributed by atoms with E-state index in [4.69, 9.17) is 0 Å². The molecule has 0 spiro atoms. The average Bonchev–Trinajstić information content (AvgIpc) is 2.74. The van der Waals surface area contributed by atoms with Crippen molar-refractivity contribution in [2.24, 2.45) is 5.92 Å². The number of amides is 3. The predicted octanol–water partition coefficient (Wildman–Crippen LogP) is 4.07. The van der Waals surface area contributed by atoms with Crippen LogP contribution in [0.5, 0.6) is 0 Å². The number of halogens is 2. The minimum Gasteiger partial charge on any atom is -0.352 e. The summed E-state index contributed by atoms with van der Waals surface area (Å²) in [6, 6.07) is 10.7. The molecule has 0 radical (unpaired) electrons. The van der Waals surface area contributed by atoms with E-state index in [9.17, 15) is 18.4 Å². The first-order valence-electron chi connectivity index (χ1n) is 10.2. The van der Waals surface area contributed by atoms with Crippen molar-refractivity contribution in [1.82, 2.24) is 15.5 Å². The number of benzene rings is 2. The van der Waals surface area contributed by atoms with Crippen LogP contribution in [0.4, 0.5) is 13.6 Å². The highest BCUT2D eigenvalue weighted by Crippen LogP contribution is 2.34. The number of piperidine rings is 1. The number of nitrogens with zero attached hydrogens (tertiary/aromatic N) is 1. The molecular formula is C23H27F2N3O2. The number of carbonyl (C=O) groups is 2. The van der Waals surface area contributed by atoms with Gasteiger partial charge in [-0.1, -0.05) is 30.3 Å². The van der Waals surface area contributed by atoms with Gasteiger partial charge in [0.05, 0.1) is 12.0 Å². The van der Waals surface area contributed by atoms with Crippen LogP contribution in [0.2, 0.25) is 0 Å². The number of aryl methyl sites for hydroxylation is 1. The molecule has 2 unspecified atom stereocenters. The summed E-state index contributed by atoms with van der Waals surface area (Å²) in [6.45, 7) is 4.34. The van der Waals surface area contributed by atoms with Crippen LogP contribution in [0, 0.1) is 24.5 Å². The molecule has 30 heavy (non-hydrogen) atoms. The van der Waals surface area contributed by atoms with E-state index in [1.54, 1.807) is 42.2 Å². The number of rotatable bonds is 5. The molecule has 3 amide bonds. The number of likely N-dealkylation sites (tertiary alicyclic amines) is 1. The molecule has 2 atom stereocenters. The zero-order chi connectivity index (χ0) is 21.7. The molecule has 0 aliphatic carbocycles. The van der Waals surface area contributed by atoms with E-state index in [-0.39, 0.29) is 42.7 Å². The fourth-order valence-electron chi connectivity index (χ4n) is 3.85. The summed E-state index contributed by atoms with van der Waals surface area (Å²) in [5.74, 6) is -1.25. The fourth-order valence-corrected chi connectivity index (χ4v) is 3.85. The second-order valence-corrected chi connectivity index (χ2v) is 7.60. The lowest BCUT2D eigenvalue weighted by Gasteiger charge is -2.39. The normalized spacial score (nSPS) is 18.7. The summed E-state index contributed by atoms with van der Waals surface area (Å²) >= 11 is 0. The largest absolute Gasteiger partial charge is 0.352 e. The Balaban J connectivity index is 1.72. The molecule has 1 fully saturated rings. The van der Waals surface area contributed by atoms with Crippen LogP contribution in [-0.2, 0) is 11.3 Å². The maximum Gasteiger partial charge on any atom is 0.317 e. The van der Waals surface area contributed by atoms with Gasteiger partial charge in [-0.05, 0) is 49.9 Å². The Labute approximate surface area is 175 Å². The molecule has 5 nitrogen and oxygen atoms in total. The third-order valence-electron chi connectivity index (χ3n) is 5.52. The quantitative estimate of drug-likeness (QED) is 0.773. The SMILES string of the molecule is CCNC(=O)N1CC(C(=O)NCc2ccccc2F)CCC1c1ccc(F)c(C)c1. The molecular weight excluding hydrogens is 388 g/mol. The van der Waals surface area contributed by atoms with Gasteiger partial charge in [-0.2, -0.15) is 0 Å². The first-order chi connectivity index (χ1) is 14.4. The van der Waals surface area contributed by atoms with Gasteiger partial charge < -0.3 is 15.5 Å². The Bertz CT molecular complexity index is 919. The van der Waals surface area contributed by atoms with Gasteiger partial charge in [-0.25, -0.2) is 13.6 Å². The molecule has 3 rings (SSSR count). The van der Waals surface area contributed by atoms with Crippen molar-refractivity contribution in [2.75, 3.05) is 13.1 Å². The van der Waals surface area contributed by atoms with E-state index in [2.05, 4.69) is 10.6 Å². The molecule has 2 N–H and O–H groups in total. The number of hydrogen-bond acceptors (Lipinski definition) is 2. The molecule has 0 aromatic heterocycles. The van der Waals surface area contributed by atoms with Crippen molar-refractivity contribution in [3.63, 3.8) is 0 Å².